The Balaban J connectivity index is 1.51. The van der Waals surface area contributed by atoms with E-state index in [0.29, 0.717) is 30.4 Å². The average Bonchev–Trinajstić information content (AvgIpc) is 2.94. The SMILES string of the molecule is C[C@H]1C(=O)N2CCCc3cc(NS(=O)(=O)c4ccc5c(c4)OCCO5)cc1c32. The second kappa shape index (κ2) is 6.13. The lowest BCUT2D eigenvalue weighted by molar-refractivity contribution is -0.119. The van der Waals surface area contributed by atoms with Gasteiger partial charge < -0.3 is 14.4 Å². The molecule has 0 unspecified atom stereocenters. The molecule has 0 saturated carbocycles. The molecule has 0 aliphatic carbocycles. The van der Waals surface area contributed by atoms with Crippen LogP contribution in [0.4, 0.5) is 11.4 Å². The second-order valence-corrected chi connectivity index (χ2v) is 8.98. The van der Waals surface area contributed by atoms with Gasteiger partial charge >= 0.3 is 0 Å². The summed E-state index contributed by atoms with van der Waals surface area (Å²) < 4.78 is 39.5. The minimum absolute atomic E-state index is 0.0859. The van der Waals surface area contributed by atoms with Gasteiger partial charge in [-0.1, -0.05) is 0 Å². The van der Waals surface area contributed by atoms with Crippen LogP contribution in [0.5, 0.6) is 11.5 Å². The quantitative estimate of drug-likeness (QED) is 0.856. The molecule has 0 saturated heterocycles. The molecule has 3 heterocycles. The number of carbonyl (C=O) groups is 1. The summed E-state index contributed by atoms with van der Waals surface area (Å²) in [6.07, 6.45) is 1.71. The molecular formula is C20H20N2O5S. The third-order valence-electron chi connectivity index (χ3n) is 5.50. The van der Waals surface area contributed by atoms with Crippen molar-refractivity contribution in [3.05, 3.63) is 41.5 Å². The number of fused-ring (bicyclic) bond motifs is 1. The number of anilines is 2. The largest absolute Gasteiger partial charge is 0.486 e. The Morgan fingerprint density at radius 3 is 2.71 bits per heavy atom. The number of rotatable bonds is 3. The number of benzene rings is 2. The Morgan fingerprint density at radius 1 is 1.11 bits per heavy atom. The molecule has 2 aromatic rings. The number of nitrogens with zero attached hydrogens (tertiary/aromatic N) is 1. The van der Waals surface area contributed by atoms with Crippen molar-refractivity contribution in [2.75, 3.05) is 29.4 Å². The van der Waals surface area contributed by atoms with Crippen LogP contribution in [0, 0.1) is 0 Å². The van der Waals surface area contributed by atoms with E-state index in [0.717, 1.165) is 36.2 Å². The van der Waals surface area contributed by atoms with E-state index < -0.39 is 10.0 Å². The predicted octanol–water partition coefficient (Wildman–Crippen LogP) is 2.65. The summed E-state index contributed by atoms with van der Waals surface area (Å²) in [7, 11) is -3.80. The van der Waals surface area contributed by atoms with Crippen LogP contribution in [-0.2, 0) is 21.2 Å². The maximum atomic E-state index is 12.9. The smallest absolute Gasteiger partial charge is 0.262 e. The highest BCUT2D eigenvalue weighted by Gasteiger charge is 2.38. The first-order valence-corrected chi connectivity index (χ1v) is 10.8. The molecule has 0 spiro atoms. The third-order valence-corrected chi connectivity index (χ3v) is 6.87. The summed E-state index contributed by atoms with van der Waals surface area (Å²) in [5, 5.41) is 0. The molecule has 2 aromatic carbocycles. The molecule has 1 amide bonds. The van der Waals surface area contributed by atoms with Gasteiger partial charge in [0.1, 0.15) is 13.2 Å². The topological polar surface area (TPSA) is 84.9 Å². The Labute approximate surface area is 163 Å². The Kier molecular flexibility index (Phi) is 3.80. The first-order chi connectivity index (χ1) is 13.4. The average molecular weight is 400 g/mol. The molecule has 0 fully saturated rings. The van der Waals surface area contributed by atoms with Crippen LogP contribution in [-0.4, -0.2) is 34.1 Å². The summed E-state index contributed by atoms with van der Waals surface area (Å²) in [5.41, 5.74) is 3.35. The van der Waals surface area contributed by atoms with Crippen LogP contribution in [0.25, 0.3) is 0 Å². The van der Waals surface area contributed by atoms with Crippen LogP contribution in [0.3, 0.4) is 0 Å². The van der Waals surface area contributed by atoms with Gasteiger partial charge in [-0.05, 0) is 55.2 Å². The highest BCUT2D eigenvalue weighted by Crippen LogP contribution is 2.44. The van der Waals surface area contributed by atoms with Crippen LogP contribution < -0.4 is 19.1 Å². The van der Waals surface area contributed by atoms with Gasteiger partial charge in [-0.25, -0.2) is 8.42 Å². The number of hydrogen-bond acceptors (Lipinski definition) is 5. The van der Waals surface area contributed by atoms with Crippen molar-refractivity contribution in [1.82, 2.24) is 0 Å². The number of carbonyl (C=O) groups excluding carboxylic acids is 1. The van der Waals surface area contributed by atoms with Gasteiger partial charge in [0, 0.05) is 18.3 Å². The number of ether oxygens (including phenoxy) is 2. The standard InChI is InChI=1S/C20H20N2O5S/c1-12-16-10-14(9-13-3-2-6-22(19(13)16)20(12)23)21-28(24,25)15-4-5-17-18(11-15)27-8-7-26-17/h4-5,9-12,21H,2-3,6-8H2,1H3/t12-/m1/s1. The second-order valence-electron chi connectivity index (χ2n) is 7.30. The van der Waals surface area contributed by atoms with Crippen LogP contribution in [0.1, 0.15) is 30.4 Å². The van der Waals surface area contributed by atoms with Gasteiger partial charge in [0.2, 0.25) is 5.91 Å². The molecule has 146 valence electrons. The predicted molar refractivity (Wildman–Crippen MR) is 104 cm³/mol. The summed E-state index contributed by atoms with van der Waals surface area (Å²) >= 11 is 0. The van der Waals surface area contributed by atoms with Crippen molar-refractivity contribution in [2.45, 2.75) is 30.6 Å². The normalized spacial score (nSPS) is 20.1. The minimum atomic E-state index is -3.80. The fourth-order valence-corrected chi connectivity index (χ4v) is 5.21. The molecule has 8 heteroatoms. The van der Waals surface area contributed by atoms with Gasteiger partial charge in [0.15, 0.2) is 11.5 Å². The molecule has 1 N–H and O–H groups in total. The first-order valence-electron chi connectivity index (χ1n) is 9.35. The molecule has 3 aliphatic rings. The van der Waals surface area contributed by atoms with Gasteiger partial charge in [-0.3, -0.25) is 9.52 Å². The van der Waals surface area contributed by atoms with Crippen molar-refractivity contribution < 1.29 is 22.7 Å². The molecule has 0 radical (unpaired) electrons. The molecule has 1 atom stereocenters. The first kappa shape index (κ1) is 17.4. The zero-order valence-corrected chi connectivity index (χ0v) is 16.2. The number of hydrogen-bond donors (Lipinski definition) is 1. The highest BCUT2D eigenvalue weighted by molar-refractivity contribution is 7.92. The van der Waals surface area contributed by atoms with E-state index >= 15 is 0 Å². The van der Waals surface area contributed by atoms with E-state index in [4.69, 9.17) is 9.47 Å². The Morgan fingerprint density at radius 2 is 1.89 bits per heavy atom. The van der Waals surface area contributed by atoms with E-state index in [1.807, 2.05) is 17.9 Å². The molecule has 3 aliphatic heterocycles. The zero-order chi connectivity index (χ0) is 19.5. The number of sulfonamides is 1. The van der Waals surface area contributed by atoms with E-state index in [-0.39, 0.29) is 16.7 Å². The van der Waals surface area contributed by atoms with Crippen molar-refractivity contribution in [3.8, 4) is 11.5 Å². The van der Waals surface area contributed by atoms with Gasteiger partial charge in [0.05, 0.1) is 16.5 Å². The molecule has 0 aromatic heterocycles. The third kappa shape index (κ3) is 2.63. The highest BCUT2D eigenvalue weighted by atomic mass is 32.2. The van der Waals surface area contributed by atoms with Crippen LogP contribution in [0.2, 0.25) is 0 Å². The van der Waals surface area contributed by atoms with Crippen molar-refractivity contribution in [3.63, 3.8) is 0 Å². The number of nitrogens with one attached hydrogen (secondary N) is 1. The summed E-state index contributed by atoms with van der Waals surface area (Å²) in [4.78, 5) is 14.4. The van der Waals surface area contributed by atoms with Gasteiger partial charge in [-0.2, -0.15) is 0 Å². The molecular weight excluding hydrogens is 380 g/mol. The van der Waals surface area contributed by atoms with E-state index in [1.165, 1.54) is 12.1 Å². The van der Waals surface area contributed by atoms with Crippen molar-refractivity contribution >= 4 is 27.3 Å². The minimum Gasteiger partial charge on any atom is -0.486 e. The van der Waals surface area contributed by atoms with Crippen molar-refractivity contribution in [2.24, 2.45) is 0 Å². The lowest BCUT2D eigenvalue weighted by Gasteiger charge is -2.26. The number of aryl methyl sites for hydroxylation is 1. The number of amides is 1. The van der Waals surface area contributed by atoms with Crippen molar-refractivity contribution in [1.29, 1.82) is 0 Å². The lowest BCUT2D eigenvalue weighted by Crippen LogP contribution is -2.32. The summed E-state index contributed by atoms with van der Waals surface area (Å²) in [6, 6.07) is 8.20. The monoisotopic (exact) mass is 400 g/mol. The maximum absolute atomic E-state index is 12.9. The fourth-order valence-electron chi connectivity index (χ4n) is 4.16. The molecule has 28 heavy (non-hydrogen) atoms. The summed E-state index contributed by atoms with van der Waals surface area (Å²) in [6.45, 7) is 3.44. The molecule has 0 bridgehead atoms. The Hall–Kier alpha value is -2.74. The Bertz CT molecular complexity index is 1100. The fraction of sp³-hybridized carbons (Fsp3) is 0.350. The van der Waals surface area contributed by atoms with Gasteiger partial charge in [0.25, 0.3) is 10.0 Å². The molecule has 7 nitrogen and oxygen atoms in total. The van der Waals surface area contributed by atoms with E-state index in [1.54, 1.807) is 12.1 Å². The lowest BCUT2D eigenvalue weighted by atomic mass is 9.96. The molecule has 5 rings (SSSR count). The summed E-state index contributed by atoms with van der Waals surface area (Å²) in [5.74, 6) is 0.793. The van der Waals surface area contributed by atoms with E-state index in [2.05, 4.69) is 4.72 Å². The van der Waals surface area contributed by atoms with Crippen LogP contribution in [0.15, 0.2) is 35.2 Å². The van der Waals surface area contributed by atoms with Crippen LogP contribution >= 0.6 is 0 Å². The maximum Gasteiger partial charge on any atom is 0.262 e. The van der Waals surface area contributed by atoms with E-state index in [9.17, 15) is 13.2 Å². The zero-order valence-electron chi connectivity index (χ0n) is 15.4. The van der Waals surface area contributed by atoms with Gasteiger partial charge in [-0.15, -0.1) is 0 Å².